The number of rotatable bonds is 2. The Balaban J connectivity index is 3.08. The first kappa shape index (κ1) is 14.1. The number of aromatic carboxylic acids is 1. The summed E-state index contributed by atoms with van der Waals surface area (Å²) in [6.45, 7) is 7.91. The zero-order valence-corrected chi connectivity index (χ0v) is 13.5. The quantitative estimate of drug-likeness (QED) is 0.792. The molecule has 0 radical (unpaired) electrons. The van der Waals surface area contributed by atoms with Crippen molar-refractivity contribution >= 4 is 39.7 Å². The van der Waals surface area contributed by atoms with Gasteiger partial charge >= 0.3 is 5.97 Å². The van der Waals surface area contributed by atoms with E-state index in [1.54, 1.807) is 23.0 Å². The first-order chi connectivity index (χ1) is 8.90. The second-order valence-corrected chi connectivity index (χ2v) is 5.21. The van der Waals surface area contributed by atoms with Gasteiger partial charge in [0.2, 0.25) is 0 Å². The standard InChI is InChI=1S/C15H15IO3/c1-7-5-6-11-12(8(7)2)9(3)10(4)13(15(17)18)14(11)19-16/h5-6H,1-4H3,(H,17,18). The van der Waals surface area contributed by atoms with Crippen molar-refractivity contribution in [3.05, 3.63) is 39.9 Å². The normalized spacial score (nSPS) is 10.8. The Morgan fingerprint density at radius 1 is 1.11 bits per heavy atom. The lowest BCUT2D eigenvalue weighted by Gasteiger charge is -2.17. The van der Waals surface area contributed by atoms with E-state index in [1.807, 2.05) is 26.0 Å². The van der Waals surface area contributed by atoms with Crippen LogP contribution in [-0.4, -0.2) is 11.1 Å². The van der Waals surface area contributed by atoms with Crippen LogP contribution in [0.3, 0.4) is 0 Å². The van der Waals surface area contributed by atoms with Crippen LogP contribution in [0.2, 0.25) is 0 Å². The Hall–Kier alpha value is -1.30. The van der Waals surface area contributed by atoms with Gasteiger partial charge in [0.15, 0.2) is 28.8 Å². The highest BCUT2D eigenvalue weighted by Crippen LogP contribution is 2.39. The smallest absolute Gasteiger partial charge is 0.339 e. The number of halogens is 1. The molecule has 2 rings (SSSR count). The van der Waals surface area contributed by atoms with E-state index >= 15 is 0 Å². The van der Waals surface area contributed by atoms with Gasteiger partial charge in [-0.2, -0.15) is 0 Å². The molecular formula is C15H15IO3. The second-order valence-electron chi connectivity index (χ2n) is 4.77. The van der Waals surface area contributed by atoms with Crippen LogP contribution in [-0.2, 0) is 0 Å². The molecule has 0 amide bonds. The lowest BCUT2D eigenvalue weighted by molar-refractivity contribution is 0.0695. The number of carbonyl (C=O) groups is 1. The van der Waals surface area contributed by atoms with E-state index in [1.165, 1.54) is 11.1 Å². The predicted octanol–water partition coefficient (Wildman–Crippen LogP) is 4.50. The highest BCUT2D eigenvalue weighted by molar-refractivity contribution is 14.1. The summed E-state index contributed by atoms with van der Waals surface area (Å²) in [5, 5.41) is 11.4. The van der Waals surface area contributed by atoms with Gasteiger partial charge in [0.25, 0.3) is 0 Å². The largest absolute Gasteiger partial charge is 0.478 e. The van der Waals surface area contributed by atoms with Crippen LogP contribution < -0.4 is 3.07 Å². The van der Waals surface area contributed by atoms with Crippen LogP contribution in [0.5, 0.6) is 5.75 Å². The van der Waals surface area contributed by atoms with E-state index in [0.717, 1.165) is 21.9 Å². The zero-order chi connectivity index (χ0) is 14.3. The maximum Gasteiger partial charge on any atom is 0.339 e. The van der Waals surface area contributed by atoms with E-state index in [0.29, 0.717) is 5.75 Å². The Kier molecular flexibility index (Phi) is 3.71. The summed E-state index contributed by atoms with van der Waals surface area (Å²) >= 11 is 1.75. The van der Waals surface area contributed by atoms with E-state index in [2.05, 4.69) is 13.8 Å². The first-order valence-electron chi connectivity index (χ1n) is 5.95. The topological polar surface area (TPSA) is 46.5 Å². The minimum Gasteiger partial charge on any atom is -0.478 e. The van der Waals surface area contributed by atoms with Crippen molar-refractivity contribution in [2.45, 2.75) is 27.7 Å². The fourth-order valence-corrected chi connectivity index (χ4v) is 2.96. The Morgan fingerprint density at radius 2 is 1.74 bits per heavy atom. The van der Waals surface area contributed by atoms with Gasteiger partial charge in [0, 0.05) is 5.39 Å². The summed E-state index contributed by atoms with van der Waals surface area (Å²) in [7, 11) is 0. The van der Waals surface area contributed by atoms with Crippen molar-refractivity contribution < 1.29 is 13.0 Å². The summed E-state index contributed by atoms with van der Waals surface area (Å²) in [4.78, 5) is 11.5. The third kappa shape index (κ3) is 2.08. The molecule has 1 N–H and O–H groups in total. The molecule has 0 fully saturated rings. The molecule has 19 heavy (non-hydrogen) atoms. The number of aryl methyl sites for hydroxylation is 3. The molecule has 3 nitrogen and oxygen atoms in total. The summed E-state index contributed by atoms with van der Waals surface area (Å²) in [6, 6.07) is 3.93. The molecule has 0 saturated carbocycles. The summed E-state index contributed by atoms with van der Waals surface area (Å²) in [5.41, 5.74) is 4.39. The Bertz CT molecular complexity index is 690. The van der Waals surface area contributed by atoms with Crippen LogP contribution in [0, 0.1) is 27.7 Å². The van der Waals surface area contributed by atoms with Crippen molar-refractivity contribution in [1.29, 1.82) is 0 Å². The minimum absolute atomic E-state index is 0.252. The maximum atomic E-state index is 11.5. The molecule has 2 aromatic carbocycles. The SMILES string of the molecule is Cc1ccc2c(OI)c(C(=O)O)c(C)c(C)c2c1C. The lowest BCUT2D eigenvalue weighted by atomic mass is 9.90. The van der Waals surface area contributed by atoms with E-state index in [9.17, 15) is 9.90 Å². The van der Waals surface area contributed by atoms with Crippen LogP contribution in [0.25, 0.3) is 10.8 Å². The fourth-order valence-electron chi connectivity index (χ4n) is 2.51. The van der Waals surface area contributed by atoms with Crippen molar-refractivity contribution in [1.82, 2.24) is 0 Å². The Labute approximate surface area is 126 Å². The fraction of sp³-hybridized carbons (Fsp3) is 0.267. The molecule has 0 aliphatic rings. The van der Waals surface area contributed by atoms with Gasteiger partial charge in [0.1, 0.15) is 5.56 Å². The third-order valence-electron chi connectivity index (χ3n) is 3.81. The van der Waals surface area contributed by atoms with E-state index in [-0.39, 0.29) is 5.56 Å². The van der Waals surface area contributed by atoms with Crippen molar-refractivity contribution in [2.75, 3.05) is 0 Å². The molecule has 0 aliphatic heterocycles. The number of hydrogen-bond acceptors (Lipinski definition) is 2. The molecule has 0 heterocycles. The Morgan fingerprint density at radius 3 is 2.26 bits per heavy atom. The molecule has 100 valence electrons. The minimum atomic E-state index is -0.951. The van der Waals surface area contributed by atoms with Gasteiger partial charge in [-0.25, -0.2) is 4.79 Å². The average Bonchev–Trinajstić information content (AvgIpc) is 2.36. The molecule has 0 spiro atoms. The summed E-state index contributed by atoms with van der Waals surface area (Å²) in [6.07, 6.45) is 0. The second kappa shape index (κ2) is 5.00. The monoisotopic (exact) mass is 370 g/mol. The average molecular weight is 370 g/mol. The molecule has 0 aliphatic carbocycles. The molecule has 2 aromatic rings. The van der Waals surface area contributed by atoms with Crippen LogP contribution in [0.15, 0.2) is 12.1 Å². The molecule has 4 heteroatoms. The zero-order valence-electron chi connectivity index (χ0n) is 11.3. The molecule has 0 unspecified atom stereocenters. The summed E-state index contributed by atoms with van der Waals surface area (Å²) in [5.74, 6) is -0.512. The summed E-state index contributed by atoms with van der Waals surface area (Å²) < 4.78 is 5.34. The number of benzene rings is 2. The van der Waals surface area contributed by atoms with Gasteiger partial charge < -0.3 is 8.17 Å². The van der Waals surface area contributed by atoms with Gasteiger partial charge in [-0.15, -0.1) is 0 Å². The predicted molar refractivity (Wildman–Crippen MR) is 84.5 cm³/mol. The number of carboxylic acid groups (broad SMARTS) is 1. The number of carboxylic acids is 1. The lowest BCUT2D eigenvalue weighted by Crippen LogP contribution is -2.05. The van der Waals surface area contributed by atoms with Crippen molar-refractivity contribution in [2.24, 2.45) is 0 Å². The van der Waals surface area contributed by atoms with Crippen molar-refractivity contribution in [3.63, 3.8) is 0 Å². The molecule has 0 saturated heterocycles. The maximum absolute atomic E-state index is 11.5. The molecule has 0 bridgehead atoms. The highest BCUT2D eigenvalue weighted by Gasteiger charge is 2.22. The third-order valence-corrected chi connectivity index (χ3v) is 4.25. The highest BCUT2D eigenvalue weighted by atomic mass is 127. The van der Waals surface area contributed by atoms with Gasteiger partial charge in [-0.05, 0) is 55.3 Å². The van der Waals surface area contributed by atoms with E-state index in [4.69, 9.17) is 3.07 Å². The molecular weight excluding hydrogens is 355 g/mol. The van der Waals surface area contributed by atoms with E-state index < -0.39 is 5.97 Å². The number of fused-ring (bicyclic) bond motifs is 1. The van der Waals surface area contributed by atoms with Gasteiger partial charge in [0.05, 0.1) is 0 Å². The number of hydrogen-bond donors (Lipinski definition) is 1. The molecule has 0 aromatic heterocycles. The van der Waals surface area contributed by atoms with Crippen LogP contribution in [0.1, 0.15) is 32.6 Å². The van der Waals surface area contributed by atoms with Gasteiger partial charge in [-0.3, -0.25) is 0 Å². The van der Waals surface area contributed by atoms with Crippen molar-refractivity contribution in [3.8, 4) is 5.75 Å². The first-order valence-corrected chi connectivity index (χ1v) is 6.83. The molecule has 0 atom stereocenters. The van der Waals surface area contributed by atoms with Gasteiger partial charge in [-0.1, -0.05) is 12.1 Å². The van der Waals surface area contributed by atoms with Crippen LogP contribution >= 0.6 is 23.0 Å². The van der Waals surface area contributed by atoms with Crippen LogP contribution in [0.4, 0.5) is 0 Å².